The molecule has 0 bridgehead atoms. The minimum Gasteiger partial charge on any atom is -0.497 e. The number of carbonyl (C=O) groups excluding carboxylic acids is 1. The molecule has 0 saturated carbocycles. The first-order valence-electron chi connectivity index (χ1n) is 39.8. The zero-order chi connectivity index (χ0) is 87.2. The van der Waals surface area contributed by atoms with Crippen LogP contribution in [0.1, 0.15) is 77.1 Å². The van der Waals surface area contributed by atoms with Gasteiger partial charge < -0.3 is 31.0 Å². The highest BCUT2D eigenvalue weighted by atomic mass is 19.1. The molecule has 18 nitrogen and oxygen atoms in total. The Morgan fingerprint density at radius 2 is 0.821 bits per heavy atom. The number of ether oxygens (including phenoxy) is 1. The van der Waals surface area contributed by atoms with Crippen LogP contribution >= 0.6 is 0 Å². The maximum absolute atomic E-state index is 12.9. The van der Waals surface area contributed by atoms with Crippen molar-refractivity contribution in [2.24, 2.45) is 10.9 Å². The molecular formula is C104H100FN15O3. The van der Waals surface area contributed by atoms with Crippen LogP contribution < -0.4 is 15.8 Å². The number of hydrogen-bond donors (Lipinski definition) is 5. The number of imidazole rings is 2. The minimum absolute atomic E-state index is 0.123. The van der Waals surface area contributed by atoms with Gasteiger partial charge in [0.25, 0.3) is 5.91 Å². The molecule has 123 heavy (non-hydrogen) atoms. The predicted octanol–water partition coefficient (Wildman–Crippen LogP) is 24.3. The van der Waals surface area contributed by atoms with E-state index in [1.807, 2.05) is 184 Å². The van der Waals surface area contributed by atoms with Crippen molar-refractivity contribution >= 4 is 105 Å². The van der Waals surface area contributed by atoms with Crippen molar-refractivity contribution in [2.75, 3.05) is 12.4 Å². The molecule has 6 N–H and O–H groups in total. The van der Waals surface area contributed by atoms with Gasteiger partial charge in [0.1, 0.15) is 11.6 Å². The van der Waals surface area contributed by atoms with Crippen LogP contribution in [0.2, 0.25) is 0 Å². The highest BCUT2D eigenvalue weighted by Crippen LogP contribution is 2.22. The molecule has 0 spiro atoms. The highest BCUT2D eigenvalue weighted by molar-refractivity contribution is 6.05. The molecule has 0 aliphatic rings. The van der Waals surface area contributed by atoms with Crippen molar-refractivity contribution in [3.05, 3.63) is 432 Å². The van der Waals surface area contributed by atoms with Crippen molar-refractivity contribution in [3.8, 4) is 5.75 Å². The lowest BCUT2D eigenvalue weighted by Gasteiger charge is -2.09. The van der Waals surface area contributed by atoms with Gasteiger partial charge in [0.2, 0.25) is 0 Å². The standard InChI is InChI=1S/C14H14N2O2.5C10H9N.C9H8N2.C8H9FN2O.2C8H8N2.C7H8/c1-10-3-4-12(18-2)9-13(10)14(17)16-11-5-7-15-8-6-11;1-8-4-2-6-10-9(8)5-3-7-11-10;1-8-4-5-10-9(7-8)3-2-6-11-10;1-8-4-5-9-3-2-6-11-10(9)7-8;1-8-6-9-4-2-3-5-10(9)11-7-8;1-8-6-7-11-10-5-3-2-4-9(8)10;1-7-2-3-8-9(6-7)11-5-4-10-8;1-5-2-3-7(9)6(4-5)8(10)11-12;2*1-6-2-3-7-8(4-6)10-5-9-7;1-7-5-3-2-4-6-7/h3-9H,1-2H3,(H,15,16,17);5*2-7H,1H3;2-6H,1H3;2-4,12H,1H3,(H2,10,11);2*2-5H,1H3,(H,9,10);2-6H,1H3. The van der Waals surface area contributed by atoms with Crippen molar-refractivity contribution in [3.63, 3.8) is 0 Å². The Hall–Kier alpha value is -15.6. The zero-order valence-electron chi connectivity index (χ0n) is 71.1. The zero-order valence-corrected chi connectivity index (χ0v) is 71.1. The molecule has 9 heterocycles. The van der Waals surface area contributed by atoms with Crippen LogP contribution in [0.5, 0.6) is 5.75 Å². The summed E-state index contributed by atoms with van der Waals surface area (Å²) in [5.41, 5.74) is 31.4. The summed E-state index contributed by atoms with van der Waals surface area (Å²) in [6.45, 7) is 22.4. The topological polar surface area (TPSA) is 257 Å². The third-order valence-electron chi connectivity index (χ3n) is 18.8. The van der Waals surface area contributed by atoms with Gasteiger partial charge in [-0.2, -0.15) is 0 Å². The third kappa shape index (κ3) is 28.3. The summed E-state index contributed by atoms with van der Waals surface area (Å²) in [7, 11) is 1.58. The maximum Gasteiger partial charge on any atom is 0.256 e. The number of oxime groups is 1. The first kappa shape index (κ1) is 89.7. The number of benzene rings is 11. The van der Waals surface area contributed by atoms with Crippen LogP contribution in [0.25, 0.3) is 87.6 Å². The van der Waals surface area contributed by atoms with Crippen LogP contribution in [-0.2, 0) is 0 Å². The van der Waals surface area contributed by atoms with E-state index in [0.717, 1.165) is 77.5 Å². The molecule has 11 aromatic carbocycles. The van der Waals surface area contributed by atoms with Crippen LogP contribution in [0.4, 0.5) is 10.1 Å². The van der Waals surface area contributed by atoms with Gasteiger partial charge in [0, 0.05) is 94.0 Å². The number of aromatic nitrogens is 12. The second-order valence-corrected chi connectivity index (χ2v) is 28.8. The summed E-state index contributed by atoms with van der Waals surface area (Å²) in [6.07, 6.45) is 19.3. The lowest BCUT2D eigenvalue weighted by atomic mass is 10.1. The van der Waals surface area contributed by atoms with E-state index in [9.17, 15) is 9.18 Å². The van der Waals surface area contributed by atoms with E-state index in [-0.39, 0.29) is 17.3 Å². The maximum atomic E-state index is 12.9. The summed E-state index contributed by atoms with van der Waals surface area (Å²) >= 11 is 0. The number of nitrogens with one attached hydrogen (secondary N) is 3. The molecule has 0 fully saturated rings. The van der Waals surface area contributed by atoms with Crippen LogP contribution in [-0.4, -0.2) is 83.9 Å². The van der Waals surface area contributed by atoms with Crippen LogP contribution in [0.15, 0.2) is 359 Å². The molecule has 0 unspecified atom stereocenters. The number of carbonyl (C=O) groups is 1. The van der Waals surface area contributed by atoms with E-state index in [1.54, 1.807) is 75.7 Å². The van der Waals surface area contributed by atoms with E-state index in [4.69, 9.17) is 15.7 Å². The number of methoxy groups -OCH3 is 1. The minimum atomic E-state index is -0.490. The second-order valence-electron chi connectivity index (χ2n) is 28.8. The molecule has 1 amide bonds. The van der Waals surface area contributed by atoms with Crippen LogP contribution in [0, 0.1) is 82.0 Å². The van der Waals surface area contributed by atoms with Gasteiger partial charge in [-0.05, 0) is 260 Å². The predicted molar refractivity (Wildman–Crippen MR) is 503 cm³/mol. The Morgan fingerprint density at radius 1 is 0.350 bits per heavy atom. The van der Waals surface area contributed by atoms with E-state index in [0.29, 0.717) is 11.3 Å². The number of para-hydroxylation sites is 2. The monoisotopic (exact) mass is 1630 g/mol. The van der Waals surface area contributed by atoms with Gasteiger partial charge in [-0.3, -0.25) is 44.7 Å². The molecule has 616 valence electrons. The highest BCUT2D eigenvalue weighted by Gasteiger charge is 2.11. The van der Waals surface area contributed by atoms with Crippen molar-refractivity contribution < 1.29 is 19.1 Å². The van der Waals surface area contributed by atoms with E-state index < -0.39 is 5.82 Å². The van der Waals surface area contributed by atoms with Crippen molar-refractivity contribution in [1.82, 2.24) is 59.8 Å². The smallest absolute Gasteiger partial charge is 0.256 e. The number of nitrogens with zero attached hydrogens (tertiary/aromatic N) is 11. The molecule has 9 aromatic heterocycles. The van der Waals surface area contributed by atoms with Crippen LogP contribution in [0.3, 0.4) is 0 Å². The fourth-order valence-corrected chi connectivity index (χ4v) is 12.3. The second kappa shape index (κ2) is 46.5. The number of H-pyrrole nitrogens is 2. The molecule has 0 radical (unpaired) electrons. The van der Waals surface area contributed by atoms with Crippen molar-refractivity contribution in [1.29, 1.82) is 0 Å². The van der Waals surface area contributed by atoms with Gasteiger partial charge in [-0.1, -0.05) is 167 Å². The molecular weight excluding hydrogens is 1530 g/mol. The fourth-order valence-electron chi connectivity index (χ4n) is 12.3. The van der Waals surface area contributed by atoms with Gasteiger partial charge in [0.05, 0.1) is 86.0 Å². The Morgan fingerprint density at radius 3 is 1.46 bits per heavy atom. The summed E-state index contributed by atoms with van der Waals surface area (Å²) in [6, 6.07) is 93.3. The first-order valence-corrected chi connectivity index (χ1v) is 39.8. The first-order chi connectivity index (χ1) is 59.7. The third-order valence-corrected chi connectivity index (χ3v) is 18.8. The Kier molecular flexibility index (Phi) is 33.9. The largest absolute Gasteiger partial charge is 0.497 e. The van der Waals surface area contributed by atoms with Crippen molar-refractivity contribution in [2.45, 2.75) is 76.2 Å². The van der Waals surface area contributed by atoms with E-state index >= 15 is 0 Å². The molecule has 0 aliphatic carbocycles. The average molecular weight is 1630 g/mol. The molecule has 19 heteroatoms. The van der Waals surface area contributed by atoms with E-state index in [2.05, 4.69) is 235 Å². The Balaban J connectivity index is 0.000000142. The molecule has 0 atom stereocenters. The Bertz CT molecular complexity index is 6300. The number of amidine groups is 1. The normalized spacial score (nSPS) is 10.3. The molecule has 20 aromatic rings. The summed E-state index contributed by atoms with van der Waals surface area (Å²) in [5.74, 6) is -0.190. The number of rotatable bonds is 4. The van der Waals surface area contributed by atoms with Gasteiger partial charge in [-0.25, -0.2) is 14.4 Å². The molecule has 0 saturated heterocycles. The number of pyridine rings is 6. The van der Waals surface area contributed by atoms with Gasteiger partial charge in [0.15, 0.2) is 5.84 Å². The fraction of sp³-hybridized carbons (Fsp3) is 0.115. The number of hydrogen-bond acceptors (Lipinski definition) is 14. The quantitative estimate of drug-likeness (QED) is 0.0475. The number of fused-ring (bicyclic) bond motifs is 8. The number of nitrogens with two attached hydrogens (primary N) is 1. The van der Waals surface area contributed by atoms with E-state index in [1.165, 1.54) is 89.1 Å². The number of halogens is 1. The summed E-state index contributed by atoms with van der Waals surface area (Å²) < 4.78 is 18.1. The lowest BCUT2D eigenvalue weighted by molar-refractivity contribution is 0.102. The lowest BCUT2D eigenvalue weighted by Crippen LogP contribution is -2.15. The SMILES string of the molecule is COc1ccc(C)c(C(=O)Nc2ccncc2)c1.Cc1ccc(F)c(C(N)=NO)c1.Cc1ccc2cccnc2c1.Cc1ccc2nc[nH]c2c1.Cc1ccc2nc[nH]c2c1.Cc1ccc2ncccc2c1.Cc1ccc2nccnc2c1.Cc1cccc2ncccc12.Cc1ccccc1.Cc1ccnc2ccccc12.Cc1cnc2ccccc2c1. The number of amides is 1. The summed E-state index contributed by atoms with van der Waals surface area (Å²) in [4.78, 5) is 59.9. The number of aryl methyl sites for hydroxylation is 11. The molecule has 0 aliphatic heterocycles. The average Bonchev–Trinajstić information content (AvgIpc) is 1.64. The summed E-state index contributed by atoms with van der Waals surface area (Å²) in [5, 5.41) is 20.0. The molecule has 20 rings (SSSR count). The number of aromatic amines is 2. The van der Waals surface area contributed by atoms with Gasteiger partial charge >= 0.3 is 0 Å². The number of anilines is 1. The van der Waals surface area contributed by atoms with Gasteiger partial charge in [-0.15, -0.1) is 0 Å². The Labute approximate surface area is 716 Å².